The quantitative estimate of drug-likeness (QED) is 0.435. The number of nitrogens with one attached hydrogen (secondary N) is 1. The largest absolute Gasteiger partial charge is 0.373 e. The van der Waals surface area contributed by atoms with Crippen molar-refractivity contribution in [2.75, 3.05) is 18.9 Å². The van der Waals surface area contributed by atoms with E-state index in [1.807, 2.05) is 38.1 Å². The number of nitrogens with zero attached hydrogens (tertiary/aromatic N) is 6. The molecule has 4 aromatic heterocycles. The van der Waals surface area contributed by atoms with Crippen LogP contribution >= 0.6 is 0 Å². The summed E-state index contributed by atoms with van der Waals surface area (Å²) in [5.74, 6) is 0.168. The van der Waals surface area contributed by atoms with Crippen LogP contribution in [0.3, 0.4) is 0 Å². The molecule has 4 aromatic rings. The van der Waals surface area contributed by atoms with Gasteiger partial charge >= 0.3 is 0 Å². The molecule has 0 spiro atoms. The lowest BCUT2D eigenvalue weighted by molar-refractivity contribution is -0.144. The Bertz CT molecular complexity index is 1390. The number of likely N-dealkylation sites (tertiary alicyclic amines) is 1. The van der Waals surface area contributed by atoms with Crippen molar-refractivity contribution in [3.8, 4) is 22.8 Å². The zero-order valence-corrected chi connectivity index (χ0v) is 19.6. The monoisotopic (exact) mass is 471 g/mol. The molecule has 178 valence electrons. The summed E-state index contributed by atoms with van der Waals surface area (Å²) in [6.45, 7) is 4.47. The number of hydrogen-bond donors (Lipinski definition) is 2. The highest BCUT2D eigenvalue weighted by molar-refractivity contribution is 5.87. The van der Waals surface area contributed by atoms with Crippen molar-refractivity contribution >= 4 is 11.9 Å². The van der Waals surface area contributed by atoms with E-state index in [4.69, 9.17) is 4.52 Å². The zero-order chi connectivity index (χ0) is 24.6. The molecule has 1 aliphatic heterocycles. The van der Waals surface area contributed by atoms with Gasteiger partial charge in [0.05, 0.1) is 28.8 Å². The molecule has 35 heavy (non-hydrogen) atoms. The van der Waals surface area contributed by atoms with Gasteiger partial charge in [0.25, 0.3) is 5.91 Å². The number of hydrogen-bond acceptors (Lipinski definition) is 9. The molecular formula is C25H25N7O3. The Balaban J connectivity index is 1.39. The third-order valence-electron chi connectivity index (χ3n) is 6.16. The Morgan fingerprint density at radius 3 is 2.57 bits per heavy atom. The van der Waals surface area contributed by atoms with Gasteiger partial charge in [0.15, 0.2) is 5.76 Å². The second kappa shape index (κ2) is 8.88. The van der Waals surface area contributed by atoms with E-state index in [0.717, 1.165) is 11.3 Å². The zero-order valence-electron chi connectivity index (χ0n) is 19.6. The van der Waals surface area contributed by atoms with Crippen molar-refractivity contribution < 1.29 is 14.4 Å². The van der Waals surface area contributed by atoms with E-state index in [2.05, 4.69) is 30.4 Å². The Morgan fingerprint density at radius 2 is 1.83 bits per heavy atom. The highest BCUT2D eigenvalue weighted by Gasteiger charge is 2.48. The van der Waals surface area contributed by atoms with Crippen LogP contribution in [0.15, 0.2) is 59.4 Å². The minimum atomic E-state index is -1.70. The fraction of sp³-hybridized carbons (Fsp3) is 0.280. The lowest BCUT2D eigenvalue weighted by atomic mass is 9.98. The molecule has 0 bridgehead atoms. The predicted octanol–water partition coefficient (Wildman–Crippen LogP) is 3.12. The SMILES string of the molecule is Cc1cccnc1C(C)Nc1nccc(-c2cccc(-c3cc([C@]4(O)CCN(C)C4=O)on3)n2)n1. The molecule has 5 rings (SSSR count). The molecule has 2 N–H and O–H groups in total. The molecule has 1 saturated heterocycles. The Labute approximate surface area is 202 Å². The Morgan fingerprint density at radius 1 is 1.06 bits per heavy atom. The van der Waals surface area contributed by atoms with E-state index in [9.17, 15) is 9.90 Å². The molecule has 10 nitrogen and oxygen atoms in total. The van der Waals surface area contributed by atoms with Crippen LogP contribution in [-0.2, 0) is 10.4 Å². The molecule has 1 fully saturated rings. The lowest BCUT2D eigenvalue weighted by Gasteiger charge is -2.16. The summed E-state index contributed by atoms with van der Waals surface area (Å²) in [6.07, 6.45) is 3.68. The topological polar surface area (TPSA) is 130 Å². The summed E-state index contributed by atoms with van der Waals surface area (Å²) in [5.41, 5.74) is 2.51. The van der Waals surface area contributed by atoms with Crippen molar-refractivity contribution in [3.63, 3.8) is 0 Å². The van der Waals surface area contributed by atoms with Gasteiger partial charge in [0.2, 0.25) is 11.5 Å². The number of aliphatic hydroxyl groups is 1. The highest BCUT2D eigenvalue weighted by atomic mass is 16.5. The maximum atomic E-state index is 12.4. The number of carbonyl (C=O) groups excluding carboxylic acids is 1. The van der Waals surface area contributed by atoms with Crippen molar-refractivity contribution in [2.24, 2.45) is 0 Å². The average molecular weight is 472 g/mol. The minimum absolute atomic E-state index is 0.0811. The van der Waals surface area contributed by atoms with Gasteiger partial charge in [-0.25, -0.2) is 15.0 Å². The summed E-state index contributed by atoms with van der Waals surface area (Å²) in [6, 6.07) is 12.6. The molecule has 1 amide bonds. The van der Waals surface area contributed by atoms with Crippen LogP contribution in [0.2, 0.25) is 0 Å². The van der Waals surface area contributed by atoms with Crippen LogP contribution in [0.5, 0.6) is 0 Å². The molecule has 10 heteroatoms. The first-order chi connectivity index (χ1) is 16.8. The number of amides is 1. The molecule has 1 aliphatic rings. The van der Waals surface area contributed by atoms with E-state index in [1.54, 1.807) is 37.6 Å². The third kappa shape index (κ3) is 4.24. The van der Waals surface area contributed by atoms with Crippen molar-refractivity contribution in [2.45, 2.75) is 31.9 Å². The number of aromatic nitrogens is 5. The van der Waals surface area contributed by atoms with E-state index in [0.29, 0.717) is 35.3 Å². The first-order valence-corrected chi connectivity index (χ1v) is 11.3. The first-order valence-electron chi connectivity index (χ1n) is 11.3. The van der Waals surface area contributed by atoms with Gasteiger partial charge in [-0.3, -0.25) is 9.78 Å². The summed E-state index contributed by atoms with van der Waals surface area (Å²) in [5, 5.41) is 18.2. The Hall–Kier alpha value is -4.18. The van der Waals surface area contributed by atoms with Crippen molar-refractivity contribution in [1.29, 1.82) is 0 Å². The fourth-order valence-electron chi connectivity index (χ4n) is 4.18. The van der Waals surface area contributed by atoms with Crippen LogP contribution < -0.4 is 5.32 Å². The van der Waals surface area contributed by atoms with Crippen LogP contribution in [-0.4, -0.2) is 54.6 Å². The summed E-state index contributed by atoms with van der Waals surface area (Å²) in [4.78, 5) is 31.9. The number of carbonyl (C=O) groups is 1. The molecule has 0 aromatic carbocycles. The average Bonchev–Trinajstić information content (AvgIpc) is 3.47. The number of pyridine rings is 2. The van der Waals surface area contributed by atoms with Crippen LogP contribution in [0.25, 0.3) is 22.8 Å². The first kappa shape index (κ1) is 22.6. The van der Waals surface area contributed by atoms with Crippen LogP contribution in [0, 0.1) is 6.92 Å². The van der Waals surface area contributed by atoms with E-state index < -0.39 is 11.5 Å². The van der Waals surface area contributed by atoms with Gasteiger partial charge in [-0.05, 0) is 43.7 Å². The van der Waals surface area contributed by atoms with Crippen LogP contribution in [0.1, 0.15) is 36.4 Å². The summed E-state index contributed by atoms with van der Waals surface area (Å²) in [7, 11) is 1.64. The van der Waals surface area contributed by atoms with Gasteiger partial charge in [-0.15, -0.1) is 0 Å². The molecule has 1 unspecified atom stereocenters. The lowest BCUT2D eigenvalue weighted by Crippen LogP contribution is -2.35. The molecule has 0 saturated carbocycles. The number of aryl methyl sites for hydroxylation is 1. The Kier molecular flexibility index (Phi) is 5.73. The summed E-state index contributed by atoms with van der Waals surface area (Å²) < 4.78 is 5.36. The van der Waals surface area contributed by atoms with E-state index >= 15 is 0 Å². The van der Waals surface area contributed by atoms with E-state index in [1.165, 1.54) is 4.90 Å². The number of anilines is 1. The number of likely N-dealkylation sites (N-methyl/N-ethyl adjacent to an activating group) is 1. The molecule has 0 radical (unpaired) electrons. The van der Waals surface area contributed by atoms with Gasteiger partial charge < -0.3 is 19.8 Å². The van der Waals surface area contributed by atoms with Crippen molar-refractivity contribution in [1.82, 2.24) is 30.0 Å². The molecule has 0 aliphatic carbocycles. The van der Waals surface area contributed by atoms with Gasteiger partial charge in [0, 0.05) is 38.5 Å². The third-order valence-corrected chi connectivity index (χ3v) is 6.16. The van der Waals surface area contributed by atoms with Crippen molar-refractivity contribution in [3.05, 3.63) is 71.9 Å². The van der Waals surface area contributed by atoms with Gasteiger partial charge in [-0.2, -0.15) is 0 Å². The summed E-state index contributed by atoms with van der Waals surface area (Å²) >= 11 is 0. The normalized spacial score (nSPS) is 18.6. The smallest absolute Gasteiger partial charge is 0.262 e. The van der Waals surface area contributed by atoms with E-state index in [-0.39, 0.29) is 18.2 Å². The van der Waals surface area contributed by atoms with Gasteiger partial charge in [-0.1, -0.05) is 17.3 Å². The fourth-order valence-corrected chi connectivity index (χ4v) is 4.18. The predicted molar refractivity (Wildman–Crippen MR) is 128 cm³/mol. The number of rotatable bonds is 6. The van der Waals surface area contributed by atoms with Crippen LogP contribution in [0.4, 0.5) is 5.95 Å². The molecule has 2 atom stereocenters. The minimum Gasteiger partial charge on any atom is -0.373 e. The maximum Gasteiger partial charge on any atom is 0.262 e. The molecule has 5 heterocycles. The molecular weight excluding hydrogens is 446 g/mol. The van der Waals surface area contributed by atoms with Gasteiger partial charge in [0.1, 0.15) is 5.69 Å². The highest BCUT2D eigenvalue weighted by Crippen LogP contribution is 2.34. The second-order valence-corrected chi connectivity index (χ2v) is 8.66. The standard InChI is InChI=1S/C25H25N7O3/c1-15-6-5-11-26-22(15)16(2)28-24-27-12-9-19(30-24)17-7-4-8-18(29-17)20-14-21(35-31-20)25(34)10-13-32(3)23(25)33/h4-9,11-12,14,16,34H,10,13H2,1-3H3,(H,27,28,30)/t16?,25-/m1/s1. The second-order valence-electron chi connectivity index (χ2n) is 8.66. The maximum absolute atomic E-state index is 12.4.